The minimum absolute atomic E-state index is 0.755. The van der Waals surface area contributed by atoms with E-state index in [9.17, 15) is 9.59 Å². The Kier molecular flexibility index (Phi) is 16.0. The number of rotatable bonds is 3. The van der Waals surface area contributed by atoms with Crippen LogP contribution in [0.15, 0.2) is 0 Å². The molecule has 0 saturated heterocycles. The Morgan fingerprint density at radius 1 is 0.941 bits per heavy atom. The fourth-order valence-corrected chi connectivity index (χ4v) is 0.253. The Balaban J connectivity index is -0.000000205. The van der Waals surface area contributed by atoms with Crippen molar-refractivity contribution in [2.75, 3.05) is 42.3 Å². The Morgan fingerprint density at radius 2 is 1.18 bits per heavy atom. The zero-order valence-electron chi connectivity index (χ0n) is 11.3. The Bertz CT molecular complexity index is 195. The molecule has 0 aromatic heterocycles. The third-order valence-corrected chi connectivity index (χ3v) is 0.653. The highest BCUT2D eigenvalue weighted by atomic mass is 16.4. The summed E-state index contributed by atoms with van der Waals surface area (Å²) in [4.78, 5) is 23.4. The molecule has 0 heterocycles. The third-order valence-electron chi connectivity index (χ3n) is 0.653. The maximum absolute atomic E-state index is 9.72. The first-order valence-electron chi connectivity index (χ1n) is 4.85. The van der Waals surface area contributed by atoms with Gasteiger partial charge in [-0.25, -0.2) is 4.79 Å². The van der Waals surface area contributed by atoms with Gasteiger partial charge in [0.05, 0.1) is 6.42 Å². The zero-order valence-corrected chi connectivity index (χ0v) is 11.3. The molecule has 0 aromatic carbocycles. The van der Waals surface area contributed by atoms with Crippen molar-refractivity contribution in [3.63, 3.8) is 0 Å². The zero-order chi connectivity index (χ0) is 14.6. The van der Waals surface area contributed by atoms with Crippen molar-refractivity contribution in [2.45, 2.75) is 12.5 Å². The topological polar surface area (TPSA) is 101 Å². The van der Waals surface area contributed by atoms with Crippen LogP contribution in [0.1, 0.15) is 6.42 Å². The maximum atomic E-state index is 9.72. The van der Waals surface area contributed by atoms with Crippen LogP contribution < -0.4 is 0 Å². The van der Waals surface area contributed by atoms with Gasteiger partial charge < -0.3 is 25.1 Å². The number of carbonyl (C=O) groups is 2. The largest absolute Gasteiger partial charge is 0.481 e. The molecule has 0 rings (SSSR count). The normalized spacial score (nSPS) is 10.9. The molecule has 0 aromatic rings. The first kappa shape index (κ1) is 21.1. The summed E-state index contributed by atoms with van der Waals surface area (Å²) in [7, 11) is 12.0. The quantitative estimate of drug-likeness (QED) is 0.608. The number of hydrogen-bond acceptors (Lipinski definition) is 5. The molecule has 104 valence electrons. The van der Waals surface area contributed by atoms with Gasteiger partial charge >= 0.3 is 11.9 Å². The summed E-state index contributed by atoms with van der Waals surface area (Å²) in [6.45, 7) is 0. The summed E-state index contributed by atoms with van der Waals surface area (Å²) in [6, 6.07) is 0. The van der Waals surface area contributed by atoms with Crippen LogP contribution in [-0.2, 0) is 9.59 Å². The summed E-state index contributed by atoms with van der Waals surface area (Å²) in [5, 5.41) is 24.1. The van der Waals surface area contributed by atoms with Gasteiger partial charge in [0.1, 0.15) is 0 Å². The van der Waals surface area contributed by atoms with E-state index in [1.54, 1.807) is 0 Å². The third kappa shape index (κ3) is 52.4. The lowest BCUT2D eigenvalue weighted by molar-refractivity contribution is -0.152. The number of carboxylic acid groups (broad SMARTS) is 2. The second kappa shape index (κ2) is 12.9. The van der Waals surface area contributed by atoms with Crippen molar-refractivity contribution >= 4 is 11.9 Å². The first-order chi connectivity index (χ1) is 7.50. The number of hydrogen-bond donors (Lipinski definition) is 3. The van der Waals surface area contributed by atoms with Gasteiger partial charge in [-0.3, -0.25) is 4.79 Å². The Hall–Kier alpha value is -1.18. The van der Waals surface area contributed by atoms with Crippen molar-refractivity contribution in [3.05, 3.63) is 0 Å². The highest BCUT2D eigenvalue weighted by Gasteiger charge is 2.16. The van der Waals surface area contributed by atoms with E-state index < -0.39 is 24.5 Å². The van der Waals surface area contributed by atoms with Crippen LogP contribution >= 0.6 is 0 Å². The number of aliphatic hydroxyl groups excluding tert-OH is 1. The van der Waals surface area contributed by atoms with Crippen LogP contribution in [0.2, 0.25) is 0 Å². The molecule has 1 atom stereocenters. The lowest BCUT2D eigenvalue weighted by Crippen LogP contribution is -2.22. The van der Waals surface area contributed by atoms with Gasteiger partial charge in [-0.15, -0.1) is 0 Å². The standard InChI is InChI=1S/C4H6O5.2C3H9N/c5-2(4(8)9)1-3(6)7;2*1-4(2)3/h2,5H,1H2,(H,6,7)(H,8,9);2*1-3H3. The average molecular weight is 252 g/mol. The molecule has 3 N–H and O–H groups in total. The van der Waals surface area contributed by atoms with Gasteiger partial charge in [-0.2, -0.15) is 0 Å². The van der Waals surface area contributed by atoms with Crippen LogP contribution in [0.5, 0.6) is 0 Å². The van der Waals surface area contributed by atoms with E-state index in [0.29, 0.717) is 0 Å². The molecular formula is C10H24N2O5. The summed E-state index contributed by atoms with van der Waals surface area (Å²) in [5.41, 5.74) is 0. The van der Waals surface area contributed by atoms with Gasteiger partial charge in [-0.05, 0) is 42.3 Å². The predicted molar refractivity (Wildman–Crippen MR) is 65.1 cm³/mol. The summed E-state index contributed by atoms with van der Waals surface area (Å²) >= 11 is 0. The van der Waals surface area contributed by atoms with E-state index in [-0.39, 0.29) is 0 Å². The van der Waals surface area contributed by atoms with E-state index >= 15 is 0 Å². The molecule has 7 heteroatoms. The molecule has 7 nitrogen and oxygen atoms in total. The molecule has 0 radical (unpaired) electrons. The first-order valence-corrected chi connectivity index (χ1v) is 4.85. The number of nitrogens with zero attached hydrogens (tertiary/aromatic N) is 2. The van der Waals surface area contributed by atoms with Crippen LogP contribution in [0.3, 0.4) is 0 Å². The van der Waals surface area contributed by atoms with Gasteiger partial charge in [0.25, 0.3) is 0 Å². The number of aliphatic hydroxyl groups is 1. The van der Waals surface area contributed by atoms with Crippen LogP contribution in [0, 0.1) is 0 Å². The summed E-state index contributed by atoms with van der Waals surface area (Å²) in [5.74, 6) is -2.85. The molecule has 0 aliphatic carbocycles. The summed E-state index contributed by atoms with van der Waals surface area (Å²) in [6.07, 6.45) is -2.54. The van der Waals surface area contributed by atoms with Crippen molar-refractivity contribution in [1.29, 1.82) is 0 Å². The van der Waals surface area contributed by atoms with Crippen LogP contribution in [0.4, 0.5) is 0 Å². The molecule has 0 aliphatic rings. The van der Waals surface area contributed by atoms with Gasteiger partial charge in [-0.1, -0.05) is 0 Å². The van der Waals surface area contributed by atoms with Gasteiger partial charge in [0.2, 0.25) is 0 Å². The van der Waals surface area contributed by atoms with Gasteiger partial charge in [0, 0.05) is 0 Å². The number of aliphatic carboxylic acids is 2. The minimum atomic E-state index is -1.79. The van der Waals surface area contributed by atoms with Crippen molar-refractivity contribution in [1.82, 2.24) is 9.80 Å². The number of carboxylic acids is 2. The second-order valence-electron chi connectivity index (χ2n) is 4.14. The Morgan fingerprint density at radius 3 is 1.24 bits per heavy atom. The van der Waals surface area contributed by atoms with E-state index in [1.807, 2.05) is 52.1 Å². The highest BCUT2D eigenvalue weighted by molar-refractivity contribution is 5.79. The van der Waals surface area contributed by atoms with E-state index in [1.165, 1.54) is 0 Å². The molecule has 0 spiro atoms. The molecule has 1 unspecified atom stereocenters. The van der Waals surface area contributed by atoms with E-state index in [2.05, 4.69) is 0 Å². The van der Waals surface area contributed by atoms with E-state index in [4.69, 9.17) is 15.3 Å². The summed E-state index contributed by atoms with van der Waals surface area (Å²) < 4.78 is 0. The van der Waals surface area contributed by atoms with Crippen molar-refractivity contribution in [3.8, 4) is 0 Å². The molecule has 17 heavy (non-hydrogen) atoms. The second-order valence-corrected chi connectivity index (χ2v) is 4.14. The maximum Gasteiger partial charge on any atom is 0.333 e. The van der Waals surface area contributed by atoms with Gasteiger partial charge in [0.15, 0.2) is 6.10 Å². The van der Waals surface area contributed by atoms with E-state index in [0.717, 1.165) is 0 Å². The molecule has 0 amide bonds. The monoisotopic (exact) mass is 252 g/mol. The lowest BCUT2D eigenvalue weighted by atomic mass is 10.3. The predicted octanol–water partition coefficient (Wildman–Crippen LogP) is -0.738. The van der Waals surface area contributed by atoms with Crippen molar-refractivity contribution in [2.24, 2.45) is 0 Å². The highest BCUT2D eigenvalue weighted by Crippen LogP contribution is 1.89. The molecule has 0 bridgehead atoms. The Labute approximate surface area is 102 Å². The minimum Gasteiger partial charge on any atom is -0.481 e. The molecule has 0 saturated carbocycles. The lowest BCUT2D eigenvalue weighted by Gasteiger charge is -1.97. The molecule has 0 aliphatic heterocycles. The van der Waals surface area contributed by atoms with Crippen LogP contribution in [-0.4, -0.2) is 85.4 Å². The molecule has 0 fully saturated rings. The fraction of sp³-hybridized carbons (Fsp3) is 0.800. The smallest absolute Gasteiger partial charge is 0.333 e. The fourth-order valence-electron chi connectivity index (χ4n) is 0.253. The van der Waals surface area contributed by atoms with Crippen LogP contribution in [0.25, 0.3) is 0 Å². The van der Waals surface area contributed by atoms with Crippen molar-refractivity contribution < 1.29 is 24.9 Å². The SMILES string of the molecule is CN(C)C.CN(C)C.O=C(O)CC(O)C(=O)O. The average Bonchev–Trinajstić information content (AvgIpc) is 1.99. The molecular weight excluding hydrogens is 228 g/mol.